The van der Waals surface area contributed by atoms with E-state index in [1.807, 2.05) is 12.1 Å². The lowest BCUT2D eigenvalue weighted by molar-refractivity contribution is 0.0628. The van der Waals surface area contributed by atoms with Crippen molar-refractivity contribution in [3.05, 3.63) is 147 Å². The second kappa shape index (κ2) is 14.8. The van der Waals surface area contributed by atoms with Crippen LogP contribution in [0.5, 0.6) is 5.75 Å². The van der Waals surface area contributed by atoms with Crippen molar-refractivity contribution < 1.29 is 23.5 Å². The van der Waals surface area contributed by atoms with E-state index in [0.29, 0.717) is 46.1 Å². The van der Waals surface area contributed by atoms with Gasteiger partial charge in [-0.15, -0.1) is 0 Å². The minimum atomic E-state index is -0.684. The third kappa shape index (κ3) is 7.32. The summed E-state index contributed by atoms with van der Waals surface area (Å²) in [6.45, 7) is 4.55. The molecule has 6 rings (SSSR count). The molecule has 1 aliphatic rings. The summed E-state index contributed by atoms with van der Waals surface area (Å²) >= 11 is 6.64. The number of ether oxygens (including phenoxy) is 1. The number of benzene rings is 4. The highest BCUT2D eigenvalue weighted by atomic mass is 35.5. The molecule has 2 atom stereocenters. The third-order valence-electron chi connectivity index (χ3n) is 8.80. The highest BCUT2D eigenvalue weighted by Gasteiger charge is 2.37. The number of hydrogen-bond acceptors (Lipinski definition) is 7. The molecule has 10 heteroatoms. The summed E-state index contributed by atoms with van der Waals surface area (Å²) in [5.41, 5.74) is 5.00. The van der Waals surface area contributed by atoms with Gasteiger partial charge in [-0.05, 0) is 73.9 Å². The minimum Gasteiger partial charge on any atom is -0.496 e. The quantitative estimate of drug-likeness (QED) is 0.132. The van der Waals surface area contributed by atoms with E-state index in [9.17, 15) is 19.6 Å². The van der Waals surface area contributed by atoms with Crippen LogP contribution in [0, 0.1) is 18.3 Å². The zero-order chi connectivity index (χ0) is 35.4. The van der Waals surface area contributed by atoms with Gasteiger partial charge in [-0.25, -0.2) is 0 Å². The fourth-order valence-corrected chi connectivity index (χ4v) is 6.22. The lowest BCUT2D eigenvalue weighted by atomic mass is 10.0. The molecule has 4 aromatic carbocycles. The fraction of sp³-hybridized carbons (Fsp3) is 0.200. The number of nitrogens with zero attached hydrogens (tertiary/aromatic N) is 2. The van der Waals surface area contributed by atoms with E-state index in [1.165, 1.54) is 12.7 Å². The molecule has 0 saturated carbocycles. The highest BCUT2D eigenvalue weighted by Crippen LogP contribution is 2.36. The summed E-state index contributed by atoms with van der Waals surface area (Å²) in [7, 11) is 1.51. The Bertz CT molecular complexity index is 2060. The average Bonchev–Trinajstić information content (AvgIpc) is 3.70. The molecule has 1 aromatic heterocycles. The van der Waals surface area contributed by atoms with Gasteiger partial charge >= 0.3 is 0 Å². The monoisotopic (exact) mass is 686 g/mol. The molecule has 2 heterocycles. The molecule has 2 N–H and O–H groups in total. The van der Waals surface area contributed by atoms with Gasteiger partial charge in [0.15, 0.2) is 0 Å². The number of imide groups is 1. The first-order valence-electron chi connectivity index (χ1n) is 16.2. The molecule has 252 valence electrons. The molecule has 5 aromatic rings. The van der Waals surface area contributed by atoms with Crippen LogP contribution in [-0.4, -0.2) is 42.3 Å². The second-order valence-corrected chi connectivity index (χ2v) is 12.7. The summed E-state index contributed by atoms with van der Waals surface area (Å²) in [6.07, 6.45) is 0.279. The summed E-state index contributed by atoms with van der Waals surface area (Å²) in [5.74, 6) is 0.262. The van der Waals surface area contributed by atoms with Crippen molar-refractivity contribution in [2.45, 2.75) is 38.9 Å². The molecule has 0 radical (unpaired) electrons. The standard InChI is InChI=1S/C40H35ClN4O5/c1-24-8-14-28(15-9-24)25(2)43-22-30-16-17-36(50-30)34-19-33(35(41)20-37(34)49-3)38(46)44-29(18-26-10-12-27(21-42)13-11-26)23-45-39(47)31-6-4-5-7-32(31)40(45)48/h4-17,19-20,25,29,43H,18,22-23H2,1-3H3,(H,44,46)/t25-,29-/m1/s1. The number of fused-ring (bicyclic) bond motifs is 1. The van der Waals surface area contributed by atoms with Crippen molar-refractivity contribution in [2.24, 2.45) is 0 Å². The van der Waals surface area contributed by atoms with E-state index in [1.54, 1.807) is 60.7 Å². The molecule has 1 aliphatic heterocycles. The number of hydrogen-bond donors (Lipinski definition) is 2. The predicted octanol–water partition coefficient (Wildman–Crippen LogP) is 7.28. The van der Waals surface area contributed by atoms with Crippen molar-refractivity contribution in [3.63, 3.8) is 0 Å². The second-order valence-electron chi connectivity index (χ2n) is 12.3. The average molecular weight is 687 g/mol. The van der Waals surface area contributed by atoms with E-state index in [-0.39, 0.29) is 29.6 Å². The maximum absolute atomic E-state index is 13.9. The van der Waals surface area contributed by atoms with Gasteiger partial charge in [0.25, 0.3) is 17.7 Å². The molecule has 50 heavy (non-hydrogen) atoms. The van der Waals surface area contributed by atoms with Crippen LogP contribution in [0.15, 0.2) is 101 Å². The first-order valence-corrected chi connectivity index (χ1v) is 16.5. The van der Waals surface area contributed by atoms with Gasteiger partial charge in [-0.2, -0.15) is 5.26 Å². The van der Waals surface area contributed by atoms with Gasteiger partial charge < -0.3 is 19.8 Å². The normalized spacial score (nSPS) is 13.5. The molecule has 0 unspecified atom stereocenters. The Morgan fingerprint density at radius 3 is 2.26 bits per heavy atom. The van der Waals surface area contributed by atoms with Gasteiger partial charge in [0.05, 0.1) is 58.6 Å². The van der Waals surface area contributed by atoms with Gasteiger partial charge in [0.1, 0.15) is 17.3 Å². The zero-order valence-corrected chi connectivity index (χ0v) is 28.6. The molecule has 0 bridgehead atoms. The summed E-state index contributed by atoms with van der Waals surface area (Å²) in [6, 6.07) is 30.3. The number of carbonyl (C=O) groups excluding carboxylic acids is 3. The third-order valence-corrected chi connectivity index (χ3v) is 9.11. The van der Waals surface area contributed by atoms with Crippen LogP contribution in [0.25, 0.3) is 11.3 Å². The number of nitriles is 1. The van der Waals surface area contributed by atoms with Crippen LogP contribution in [0.1, 0.15) is 72.1 Å². The van der Waals surface area contributed by atoms with Crippen molar-refractivity contribution in [1.29, 1.82) is 5.26 Å². The fourth-order valence-electron chi connectivity index (χ4n) is 5.98. The SMILES string of the molecule is COc1cc(Cl)c(C(=O)N[C@H](Cc2ccc(C#N)cc2)CN2C(=O)c3ccccc3C2=O)cc1-c1ccc(CN[C@H](C)c2ccc(C)cc2)o1. The Hall–Kier alpha value is -5.69. The number of furan rings is 1. The molecule has 3 amide bonds. The van der Waals surface area contributed by atoms with Crippen molar-refractivity contribution in [1.82, 2.24) is 15.5 Å². The van der Waals surface area contributed by atoms with Gasteiger partial charge in [0.2, 0.25) is 0 Å². The summed E-state index contributed by atoms with van der Waals surface area (Å²) < 4.78 is 11.8. The van der Waals surface area contributed by atoms with E-state index in [2.05, 4.69) is 54.8 Å². The number of methoxy groups -OCH3 is 1. The number of rotatable bonds is 12. The van der Waals surface area contributed by atoms with Crippen LogP contribution in [-0.2, 0) is 13.0 Å². The number of carbonyl (C=O) groups is 3. The number of halogens is 1. The largest absolute Gasteiger partial charge is 0.496 e. The lowest BCUT2D eigenvalue weighted by Crippen LogP contribution is -2.47. The van der Waals surface area contributed by atoms with E-state index < -0.39 is 23.8 Å². The molecular formula is C40H35ClN4O5. The smallest absolute Gasteiger partial charge is 0.261 e. The Kier molecular flexibility index (Phi) is 10.1. The van der Waals surface area contributed by atoms with E-state index in [0.717, 1.165) is 16.0 Å². The number of aryl methyl sites for hydroxylation is 1. The van der Waals surface area contributed by atoms with Crippen LogP contribution < -0.4 is 15.4 Å². The van der Waals surface area contributed by atoms with E-state index in [4.69, 9.17) is 20.8 Å². The number of amides is 3. The molecule has 0 aliphatic carbocycles. The van der Waals surface area contributed by atoms with Crippen LogP contribution >= 0.6 is 11.6 Å². The molecule has 0 spiro atoms. The highest BCUT2D eigenvalue weighted by molar-refractivity contribution is 6.34. The van der Waals surface area contributed by atoms with Crippen molar-refractivity contribution >= 4 is 29.3 Å². The van der Waals surface area contributed by atoms with Crippen LogP contribution in [0.2, 0.25) is 5.02 Å². The van der Waals surface area contributed by atoms with E-state index >= 15 is 0 Å². The van der Waals surface area contributed by atoms with Gasteiger partial charge in [-0.1, -0.05) is 65.7 Å². The maximum atomic E-state index is 13.9. The van der Waals surface area contributed by atoms with Crippen LogP contribution in [0.3, 0.4) is 0 Å². The van der Waals surface area contributed by atoms with Crippen LogP contribution in [0.4, 0.5) is 0 Å². The topological polar surface area (TPSA) is 125 Å². The first kappa shape index (κ1) is 34.2. The lowest BCUT2D eigenvalue weighted by Gasteiger charge is -2.24. The Labute approximate surface area is 295 Å². The zero-order valence-electron chi connectivity index (χ0n) is 27.8. The van der Waals surface area contributed by atoms with Crippen molar-refractivity contribution in [3.8, 4) is 23.1 Å². The molecule has 0 saturated heterocycles. The Balaban J connectivity index is 1.23. The molecule has 0 fully saturated rings. The minimum absolute atomic E-state index is 0.0751. The summed E-state index contributed by atoms with van der Waals surface area (Å²) in [4.78, 5) is 41.6. The summed E-state index contributed by atoms with van der Waals surface area (Å²) in [5, 5.41) is 15.9. The van der Waals surface area contributed by atoms with Gasteiger partial charge in [0, 0.05) is 18.7 Å². The van der Waals surface area contributed by atoms with Gasteiger partial charge in [-0.3, -0.25) is 19.3 Å². The molecular weight excluding hydrogens is 652 g/mol. The first-order chi connectivity index (χ1) is 24.1. The maximum Gasteiger partial charge on any atom is 0.261 e. The Morgan fingerprint density at radius 1 is 0.940 bits per heavy atom. The Morgan fingerprint density at radius 2 is 1.62 bits per heavy atom. The molecule has 9 nitrogen and oxygen atoms in total. The predicted molar refractivity (Wildman–Crippen MR) is 190 cm³/mol. The van der Waals surface area contributed by atoms with Crippen molar-refractivity contribution in [2.75, 3.05) is 13.7 Å². The number of nitrogens with one attached hydrogen (secondary N) is 2.